The molecule has 1 N–H and O–H groups in total. The topological polar surface area (TPSA) is 83.4 Å². The lowest BCUT2D eigenvalue weighted by Gasteiger charge is -2.26. The van der Waals surface area contributed by atoms with Crippen LogP contribution in [-0.4, -0.2) is 68.5 Å². The number of amides is 2. The van der Waals surface area contributed by atoms with Crippen molar-refractivity contribution in [3.8, 4) is 0 Å². The second-order valence-electron chi connectivity index (χ2n) is 10.5. The number of pyridine rings is 1. The zero-order chi connectivity index (χ0) is 26.8. The minimum absolute atomic E-state index is 0.0590. The van der Waals surface area contributed by atoms with Gasteiger partial charge in [0.25, 0.3) is 5.91 Å². The first-order valence-corrected chi connectivity index (χ1v) is 13.4. The predicted octanol–water partition coefficient (Wildman–Crippen LogP) is 4.58. The number of halogens is 1. The maximum atomic E-state index is 13.8. The van der Waals surface area contributed by atoms with Crippen molar-refractivity contribution in [1.82, 2.24) is 24.3 Å². The molecule has 1 aromatic carbocycles. The highest BCUT2D eigenvalue weighted by atomic mass is 19.1. The van der Waals surface area contributed by atoms with Crippen molar-refractivity contribution in [3.05, 3.63) is 65.5 Å². The van der Waals surface area contributed by atoms with Crippen LogP contribution >= 0.6 is 0 Å². The fourth-order valence-electron chi connectivity index (χ4n) is 5.75. The molecule has 0 spiro atoms. The second kappa shape index (κ2) is 11.0. The summed E-state index contributed by atoms with van der Waals surface area (Å²) in [6.45, 7) is 10.6. The third-order valence-corrected chi connectivity index (χ3v) is 7.54. The number of carbonyl (C=O) groups excluding carboxylic acids is 2. The van der Waals surface area contributed by atoms with Gasteiger partial charge in [-0.1, -0.05) is 12.6 Å². The van der Waals surface area contributed by atoms with E-state index >= 15 is 0 Å². The monoisotopic (exact) mass is 518 g/mol. The molecule has 1 unspecified atom stereocenters. The Hall–Kier alpha value is -3.59. The Labute approximate surface area is 222 Å². The van der Waals surface area contributed by atoms with Gasteiger partial charge in [-0.05, 0) is 74.9 Å². The molecule has 2 saturated heterocycles. The van der Waals surface area contributed by atoms with Gasteiger partial charge in [0.05, 0.1) is 17.1 Å². The van der Waals surface area contributed by atoms with Gasteiger partial charge in [0.1, 0.15) is 6.17 Å². The fraction of sp³-hybridized carbons (Fsp3) is 0.448. The number of hydrogen-bond acceptors (Lipinski definition) is 5. The Kier molecular flexibility index (Phi) is 7.56. The number of hydrogen-bond donors (Lipinski definition) is 1. The molecule has 38 heavy (non-hydrogen) atoms. The molecule has 2 aliphatic heterocycles. The molecule has 8 nitrogen and oxygen atoms in total. The Morgan fingerprint density at radius 2 is 2.00 bits per heavy atom. The third-order valence-electron chi connectivity index (χ3n) is 7.54. The number of rotatable bonds is 6. The van der Waals surface area contributed by atoms with Crippen LogP contribution in [0.4, 0.5) is 10.3 Å². The minimum atomic E-state index is -0.769. The molecular formula is C29H35FN6O2. The molecule has 200 valence electrons. The lowest BCUT2D eigenvalue weighted by atomic mass is 10.1. The first-order valence-electron chi connectivity index (χ1n) is 13.4. The molecule has 2 atom stereocenters. The first kappa shape index (κ1) is 26.0. The van der Waals surface area contributed by atoms with Crippen LogP contribution in [0.2, 0.25) is 0 Å². The van der Waals surface area contributed by atoms with Gasteiger partial charge in [-0.3, -0.25) is 24.8 Å². The number of nitrogens with zero attached hydrogens (tertiary/aromatic N) is 5. The van der Waals surface area contributed by atoms with Crippen molar-refractivity contribution in [2.45, 2.75) is 58.3 Å². The number of imidazole rings is 1. The summed E-state index contributed by atoms with van der Waals surface area (Å²) in [6, 6.07) is 7.54. The summed E-state index contributed by atoms with van der Waals surface area (Å²) in [6.07, 6.45) is 5.51. The maximum Gasteiger partial charge on any atom is 0.258 e. The number of aryl methyl sites for hydroxylation is 2. The summed E-state index contributed by atoms with van der Waals surface area (Å²) in [4.78, 5) is 38.9. The van der Waals surface area contributed by atoms with E-state index in [-0.39, 0.29) is 17.9 Å². The molecule has 3 aromatic rings. The van der Waals surface area contributed by atoms with Crippen LogP contribution in [0.3, 0.4) is 0 Å². The normalized spacial score (nSPS) is 20.4. The zero-order valence-corrected chi connectivity index (χ0v) is 22.1. The largest absolute Gasteiger partial charge is 0.337 e. The van der Waals surface area contributed by atoms with Crippen molar-refractivity contribution in [2.75, 3.05) is 31.5 Å². The van der Waals surface area contributed by atoms with Crippen LogP contribution in [0.1, 0.15) is 58.9 Å². The first-order chi connectivity index (χ1) is 18.3. The smallest absolute Gasteiger partial charge is 0.258 e. The van der Waals surface area contributed by atoms with Gasteiger partial charge in [0.15, 0.2) is 0 Å². The molecule has 2 fully saturated rings. The number of anilines is 1. The summed E-state index contributed by atoms with van der Waals surface area (Å²) in [7, 11) is 0. The molecule has 2 amide bonds. The molecule has 0 saturated carbocycles. The van der Waals surface area contributed by atoms with Gasteiger partial charge in [0.2, 0.25) is 11.9 Å². The van der Waals surface area contributed by atoms with Crippen LogP contribution in [0.5, 0.6) is 0 Å². The van der Waals surface area contributed by atoms with Crippen LogP contribution < -0.4 is 5.32 Å². The van der Waals surface area contributed by atoms with E-state index in [1.807, 2.05) is 24.8 Å². The number of benzene rings is 1. The predicted molar refractivity (Wildman–Crippen MR) is 146 cm³/mol. The van der Waals surface area contributed by atoms with Crippen LogP contribution in [0, 0.1) is 13.8 Å². The van der Waals surface area contributed by atoms with E-state index in [2.05, 4.69) is 32.4 Å². The lowest BCUT2D eigenvalue weighted by molar-refractivity contribution is -0.126. The summed E-state index contributed by atoms with van der Waals surface area (Å²) >= 11 is 0. The molecule has 4 heterocycles. The standard InChI is InChI=1S/C29H35FN6O2/c1-4-26(37)35-11-6-5-7-24(18-35)36-27-19(2)13-21(16-34-12-9-23(30)17-34)15-25(27)32-29(36)33-28(38)22-8-10-31-20(3)14-22/h4,8,10,13-15,23-24H,1,5-7,9,11-12,16-18H2,2-3H3,(H,32,33,38)/t23-,24?/m0/s1. The highest BCUT2D eigenvalue weighted by Gasteiger charge is 2.28. The van der Waals surface area contributed by atoms with E-state index in [9.17, 15) is 14.0 Å². The van der Waals surface area contributed by atoms with Gasteiger partial charge >= 0.3 is 0 Å². The van der Waals surface area contributed by atoms with Gasteiger partial charge < -0.3 is 9.47 Å². The Bertz CT molecular complexity index is 1370. The molecule has 0 bridgehead atoms. The average Bonchev–Trinajstić information content (AvgIpc) is 3.36. The average molecular weight is 519 g/mol. The quantitative estimate of drug-likeness (QED) is 0.483. The Morgan fingerprint density at radius 1 is 1.16 bits per heavy atom. The van der Waals surface area contributed by atoms with Crippen LogP contribution in [0.15, 0.2) is 43.1 Å². The molecular weight excluding hydrogens is 483 g/mol. The van der Waals surface area contributed by atoms with E-state index < -0.39 is 6.17 Å². The number of likely N-dealkylation sites (tertiary alicyclic amines) is 2. The number of carbonyl (C=O) groups is 2. The molecule has 9 heteroatoms. The fourth-order valence-corrected chi connectivity index (χ4v) is 5.75. The van der Waals surface area contributed by atoms with E-state index in [1.54, 1.807) is 18.3 Å². The van der Waals surface area contributed by atoms with Crippen molar-refractivity contribution in [2.24, 2.45) is 0 Å². The van der Waals surface area contributed by atoms with E-state index in [1.165, 1.54) is 6.08 Å². The number of nitrogens with one attached hydrogen (secondary N) is 1. The highest BCUT2D eigenvalue weighted by Crippen LogP contribution is 2.33. The molecule has 2 aliphatic rings. The minimum Gasteiger partial charge on any atom is -0.337 e. The third kappa shape index (κ3) is 5.48. The second-order valence-corrected chi connectivity index (χ2v) is 10.5. The number of fused-ring (bicyclic) bond motifs is 1. The zero-order valence-electron chi connectivity index (χ0n) is 22.1. The summed E-state index contributed by atoms with van der Waals surface area (Å²) in [5.74, 6) is 0.112. The molecule has 5 rings (SSSR count). The van der Waals surface area contributed by atoms with Crippen molar-refractivity contribution >= 4 is 28.8 Å². The number of alkyl halides is 1. The summed E-state index contributed by atoms with van der Waals surface area (Å²) in [5, 5.41) is 3.05. The lowest BCUT2D eigenvalue weighted by Crippen LogP contribution is -2.34. The Balaban J connectivity index is 1.55. The van der Waals surface area contributed by atoms with Crippen LogP contribution in [0.25, 0.3) is 11.0 Å². The Morgan fingerprint density at radius 3 is 2.74 bits per heavy atom. The molecule has 2 aromatic heterocycles. The highest BCUT2D eigenvalue weighted by molar-refractivity contribution is 6.04. The summed E-state index contributed by atoms with van der Waals surface area (Å²) < 4.78 is 15.9. The van der Waals surface area contributed by atoms with E-state index in [0.29, 0.717) is 44.1 Å². The number of aromatic nitrogens is 3. The van der Waals surface area contributed by atoms with Crippen molar-refractivity contribution in [3.63, 3.8) is 0 Å². The SMILES string of the molecule is C=CC(=O)N1CCCCC(n2c(NC(=O)c3ccnc(C)c3)nc3cc(CN4CC[C@H](F)C4)cc(C)c32)C1. The van der Waals surface area contributed by atoms with E-state index in [0.717, 1.165) is 53.7 Å². The van der Waals surface area contributed by atoms with Gasteiger partial charge in [-0.2, -0.15) is 0 Å². The van der Waals surface area contributed by atoms with Gasteiger partial charge in [0, 0.05) is 50.2 Å². The van der Waals surface area contributed by atoms with Crippen molar-refractivity contribution in [1.29, 1.82) is 0 Å². The maximum absolute atomic E-state index is 13.8. The van der Waals surface area contributed by atoms with E-state index in [4.69, 9.17) is 4.98 Å². The molecule has 0 radical (unpaired) electrons. The van der Waals surface area contributed by atoms with Crippen LogP contribution in [-0.2, 0) is 11.3 Å². The van der Waals surface area contributed by atoms with Crippen molar-refractivity contribution < 1.29 is 14.0 Å². The molecule has 0 aliphatic carbocycles. The van der Waals surface area contributed by atoms with Gasteiger partial charge in [-0.25, -0.2) is 9.37 Å². The van der Waals surface area contributed by atoms with Gasteiger partial charge in [-0.15, -0.1) is 0 Å². The summed E-state index contributed by atoms with van der Waals surface area (Å²) in [5.41, 5.74) is 5.09.